The van der Waals surface area contributed by atoms with Crippen LogP contribution in [-0.4, -0.2) is 13.2 Å². The van der Waals surface area contributed by atoms with Crippen LogP contribution in [0.3, 0.4) is 0 Å². The van der Waals surface area contributed by atoms with Gasteiger partial charge in [-0.3, -0.25) is 0 Å². The van der Waals surface area contributed by atoms with E-state index in [0.29, 0.717) is 11.5 Å². The van der Waals surface area contributed by atoms with Gasteiger partial charge in [0, 0.05) is 6.04 Å². The minimum Gasteiger partial charge on any atom is -0.492 e. The van der Waals surface area contributed by atoms with Crippen molar-refractivity contribution in [1.29, 1.82) is 0 Å². The fourth-order valence-corrected chi connectivity index (χ4v) is 2.36. The van der Waals surface area contributed by atoms with Crippen molar-refractivity contribution in [3.63, 3.8) is 0 Å². The number of ether oxygens (including phenoxy) is 1. The van der Waals surface area contributed by atoms with Crippen molar-refractivity contribution in [1.82, 2.24) is 5.32 Å². The van der Waals surface area contributed by atoms with E-state index in [2.05, 4.69) is 74.1 Å². The SMILES string of the molecule is CCCNC(C)c1ccc(OCCC(C)(C)C)c(Br)c1. The first-order valence-corrected chi connectivity index (χ1v) is 8.28. The third kappa shape index (κ3) is 6.27. The number of hydrogen-bond acceptors (Lipinski definition) is 2. The Morgan fingerprint density at radius 1 is 1.30 bits per heavy atom. The smallest absolute Gasteiger partial charge is 0.133 e. The van der Waals surface area contributed by atoms with Crippen molar-refractivity contribution >= 4 is 15.9 Å². The third-order valence-electron chi connectivity index (χ3n) is 3.27. The van der Waals surface area contributed by atoms with Crippen molar-refractivity contribution < 1.29 is 4.74 Å². The van der Waals surface area contributed by atoms with Gasteiger partial charge in [-0.2, -0.15) is 0 Å². The molecule has 1 aromatic carbocycles. The van der Waals surface area contributed by atoms with Gasteiger partial charge in [0.25, 0.3) is 0 Å². The maximum atomic E-state index is 5.86. The Morgan fingerprint density at radius 3 is 2.55 bits per heavy atom. The van der Waals surface area contributed by atoms with Gasteiger partial charge in [0.05, 0.1) is 11.1 Å². The maximum absolute atomic E-state index is 5.86. The molecule has 0 aliphatic carbocycles. The molecule has 0 radical (unpaired) electrons. The molecule has 0 aliphatic rings. The van der Waals surface area contributed by atoms with Crippen molar-refractivity contribution in [3.8, 4) is 5.75 Å². The average molecular weight is 342 g/mol. The summed E-state index contributed by atoms with van der Waals surface area (Å²) in [6.45, 7) is 12.9. The maximum Gasteiger partial charge on any atom is 0.133 e. The minimum absolute atomic E-state index is 0.311. The Labute approximate surface area is 132 Å². The topological polar surface area (TPSA) is 21.3 Å². The summed E-state index contributed by atoms with van der Waals surface area (Å²) in [7, 11) is 0. The monoisotopic (exact) mass is 341 g/mol. The van der Waals surface area contributed by atoms with Gasteiger partial charge in [0.2, 0.25) is 0 Å². The van der Waals surface area contributed by atoms with E-state index in [1.54, 1.807) is 0 Å². The van der Waals surface area contributed by atoms with Crippen LogP contribution in [-0.2, 0) is 0 Å². The quantitative estimate of drug-likeness (QED) is 0.724. The zero-order chi connectivity index (χ0) is 15.2. The molecule has 0 fully saturated rings. The van der Waals surface area contributed by atoms with Gasteiger partial charge in [-0.25, -0.2) is 0 Å². The normalized spacial score (nSPS) is 13.3. The molecular formula is C17H28BrNO. The molecule has 0 heterocycles. The van der Waals surface area contributed by atoms with Crippen LogP contribution in [0.5, 0.6) is 5.75 Å². The van der Waals surface area contributed by atoms with E-state index in [-0.39, 0.29) is 0 Å². The molecule has 1 rings (SSSR count). The Balaban J connectivity index is 2.59. The average Bonchev–Trinajstić information content (AvgIpc) is 2.36. The Hall–Kier alpha value is -0.540. The molecule has 3 heteroatoms. The molecule has 0 saturated carbocycles. The second-order valence-corrected chi connectivity index (χ2v) is 7.38. The highest BCUT2D eigenvalue weighted by molar-refractivity contribution is 9.10. The number of rotatable bonds is 7. The molecule has 0 saturated heterocycles. The fourth-order valence-electron chi connectivity index (χ4n) is 1.85. The third-order valence-corrected chi connectivity index (χ3v) is 3.89. The minimum atomic E-state index is 0.311. The molecule has 0 bridgehead atoms. The van der Waals surface area contributed by atoms with E-state index in [4.69, 9.17) is 4.74 Å². The number of halogens is 1. The molecule has 0 aromatic heterocycles. The van der Waals surface area contributed by atoms with Crippen LogP contribution in [0.15, 0.2) is 22.7 Å². The first-order chi connectivity index (χ1) is 9.33. The summed E-state index contributed by atoms with van der Waals surface area (Å²) in [5, 5.41) is 3.50. The molecule has 114 valence electrons. The van der Waals surface area contributed by atoms with Gasteiger partial charge in [-0.15, -0.1) is 0 Å². The molecule has 1 aromatic rings. The van der Waals surface area contributed by atoms with Crippen molar-refractivity contribution in [2.24, 2.45) is 5.41 Å². The van der Waals surface area contributed by atoms with Crippen LogP contribution in [0.2, 0.25) is 0 Å². The van der Waals surface area contributed by atoms with Gasteiger partial charge in [-0.05, 0) is 65.4 Å². The highest BCUT2D eigenvalue weighted by Crippen LogP contribution is 2.29. The van der Waals surface area contributed by atoms with Crippen LogP contribution in [0.4, 0.5) is 0 Å². The molecule has 1 atom stereocenters. The number of nitrogens with one attached hydrogen (secondary N) is 1. The van der Waals surface area contributed by atoms with Gasteiger partial charge in [-0.1, -0.05) is 33.8 Å². The lowest BCUT2D eigenvalue weighted by molar-refractivity contribution is 0.242. The number of hydrogen-bond donors (Lipinski definition) is 1. The molecule has 1 unspecified atom stereocenters. The van der Waals surface area contributed by atoms with Crippen molar-refractivity contribution in [3.05, 3.63) is 28.2 Å². The van der Waals surface area contributed by atoms with Crippen LogP contribution in [0.1, 0.15) is 59.1 Å². The Bertz CT molecular complexity index is 412. The van der Waals surface area contributed by atoms with Gasteiger partial charge in [0.15, 0.2) is 0 Å². The molecule has 0 spiro atoms. The molecular weight excluding hydrogens is 314 g/mol. The lowest BCUT2D eigenvalue weighted by atomic mass is 9.93. The largest absolute Gasteiger partial charge is 0.492 e. The molecule has 0 aliphatic heterocycles. The van der Waals surface area contributed by atoms with Crippen molar-refractivity contribution in [2.75, 3.05) is 13.2 Å². The second kappa shape index (κ2) is 8.04. The second-order valence-electron chi connectivity index (χ2n) is 6.52. The van der Waals surface area contributed by atoms with E-state index in [0.717, 1.165) is 36.2 Å². The van der Waals surface area contributed by atoms with Crippen LogP contribution in [0, 0.1) is 5.41 Å². The van der Waals surface area contributed by atoms with E-state index in [1.165, 1.54) is 5.56 Å². The summed E-state index contributed by atoms with van der Waals surface area (Å²) in [5.74, 6) is 0.931. The fraction of sp³-hybridized carbons (Fsp3) is 0.647. The molecule has 20 heavy (non-hydrogen) atoms. The lowest BCUT2D eigenvalue weighted by Gasteiger charge is -2.19. The van der Waals surface area contributed by atoms with Gasteiger partial charge in [0.1, 0.15) is 5.75 Å². The Morgan fingerprint density at radius 2 is 2.00 bits per heavy atom. The summed E-state index contributed by atoms with van der Waals surface area (Å²) >= 11 is 3.61. The van der Waals surface area contributed by atoms with E-state index < -0.39 is 0 Å². The lowest BCUT2D eigenvalue weighted by Crippen LogP contribution is -2.19. The summed E-state index contributed by atoms with van der Waals surface area (Å²) in [4.78, 5) is 0. The van der Waals surface area contributed by atoms with Gasteiger partial charge >= 0.3 is 0 Å². The summed E-state index contributed by atoms with van der Waals surface area (Å²) in [6, 6.07) is 6.73. The summed E-state index contributed by atoms with van der Waals surface area (Å²) < 4.78 is 6.90. The predicted molar refractivity (Wildman–Crippen MR) is 90.4 cm³/mol. The summed E-state index contributed by atoms with van der Waals surface area (Å²) in [5.41, 5.74) is 1.60. The highest BCUT2D eigenvalue weighted by Gasteiger charge is 2.12. The number of benzene rings is 1. The van der Waals surface area contributed by atoms with Crippen LogP contribution >= 0.6 is 15.9 Å². The van der Waals surface area contributed by atoms with Crippen LogP contribution in [0.25, 0.3) is 0 Å². The van der Waals surface area contributed by atoms with Crippen LogP contribution < -0.4 is 10.1 Å². The molecule has 2 nitrogen and oxygen atoms in total. The first-order valence-electron chi connectivity index (χ1n) is 7.49. The van der Waals surface area contributed by atoms with Gasteiger partial charge < -0.3 is 10.1 Å². The van der Waals surface area contributed by atoms with E-state index in [1.807, 2.05) is 0 Å². The first kappa shape index (κ1) is 17.5. The zero-order valence-corrected chi connectivity index (χ0v) is 15.0. The summed E-state index contributed by atoms with van der Waals surface area (Å²) in [6.07, 6.45) is 2.20. The molecule has 1 N–H and O–H groups in total. The highest BCUT2D eigenvalue weighted by atomic mass is 79.9. The predicted octanol–water partition coefficient (Wildman–Crippen LogP) is 5.32. The Kier molecular flexibility index (Phi) is 7.04. The standard InChI is InChI=1S/C17H28BrNO/c1-6-10-19-13(2)14-7-8-16(15(18)12-14)20-11-9-17(3,4)5/h7-8,12-13,19H,6,9-11H2,1-5H3. The molecule has 0 amide bonds. The van der Waals surface area contributed by atoms with E-state index >= 15 is 0 Å². The zero-order valence-electron chi connectivity index (χ0n) is 13.4. The van der Waals surface area contributed by atoms with Crippen molar-refractivity contribution in [2.45, 2.75) is 53.5 Å². The van der Waals surface area contributed by atoms with E-state index in [9.17, 15) is 0 Å².